The van der Waals surface area contributed by atoms with Crippen LogP contribution in [0.15, 0.2) is 41.8 Å². The first kappa shape index (κ1) is 18.2. The van der Waals surface area contributed by atoms with Crippen LogP contribution in [0.4, 0.5) is 19.0 Å². The Bertz CT molecular complexity index is 1110. The zero-order valence-electron chi connectivity index (χ0n) is 15.7. The molecule has 0 aromatic carbocycles. The van der Waals surface area contributed by atoms with E-state index in [-0.39, 0.29) is 30.0 Å². The van der Waals surface area contributed by atoms with Crippen molar-refractivity contribution in [1.29, 1.82) is 0 Å². The molecular formula is C20H19F3N6. The Morgan fingerprint density at radius 3 is 2.79 bits per heavy atom. The molecule has 29 heavy (non-hydrogen) atoms. The van der Waals surface area contributed by atoms with E-state index in [0.717, 1.165) is 24.2 Å². The third kappa shape index (κ3) is 3.29. The number of imidazole rings is 1. The van der Waals surface area contributed by atoms with E-state index in [1.807, 2.05) is 10.6 Å². The van der Waals surface area contributed by atoms with Crippen molar-refractivity contribution in [3.63, 3.8) is 0 Å². The lowest BCUT2D eigenvalue weighted by Crippen LogP contribution is -2.29. The fraction of sp³-hybridized carbons (Fsp3) is 0.400. The van der Waals surface area contributed by atoms with Gasteiger partial charge in [0.2, 0.25) is 0 Å². The Balaban J connectivity index is 1.53. The molecule has 1 aliphatic heterocycles. The molecular weight excluding hydrogens is 381 g/mol. The van der Waals surface area contributed by atoms with Crippen molar-refractivity contribution >= 4 is 17.2 Å². The highest BCUT2D eigenvalue weighted by atomic mass is 19.4. The minimum Gasteiger partial charge on any atom is -0.310 e. The van der Waals surface area contributed by atoms with Gasteiger partial charge in [-0.15, -0.1) is 0 Å². The molecule has 0 unspecified atom stereocenters. The van der Waals surface area contributed by atoms with Gasteiger partial charge in [0.15, 0.2) is 11.5 Å². The van der Waals surface area contributed by atoms with Crippen LogP contribution in [-0.2, 0) is 5.41 Å². The van der Waals surface area contributed by atoms with E-state index in [1.54, 1.807) is 30.6 Å². The molecule has 4 heterocycles. The molecule has 1 saturated carbocycles. The van der Waals surface area contributed by atoms with Crippen LogP contribution < -0.4 is 5.32 Å². The molecule has 0 spiro atoms. The number of alkyl halides is 3. The van der Waals surface area contributed by atoms with Gasteiger partial charge in [-0.3, -0.25) is 9.38 Å². The van der Waals surface area contributed by atoms with E-state index >= 15 is 0 Å². The van der Waals surface area contributed by atoms with Crippen LogP contribution in [0.2, 0.25) is 0 Å². The van der Waals surface area contributed by atoms with E-state index in [4.69, 9.17) is 0 Å². The summed E-state index contributed by atoms with van der Waals surface area (Å²) in [5.41, 5.74) is 3.24. The fourth-order valence-corrected chi connectivity index (χ4v) is 3.62. The zero-order valence-corrected chi connectivity index (χ0v) is 15.7. The zero-order chi connectivity index (χ0) is 20.2. The van der Waals surface area contributed by atoms with Gasteiger partial charge < -0.3 is 5.32 Å². The van der Waals surface area contributed by atoms with Gasteiger partial charge in [0, 0.05) is 30.4 Å². The number of hydrogen-bond donors (Lipinski definition) is 1. The maximum Gasteiger partial charge on any atom is 0.398 e. The number of nitrogens with zero attached hydrogens (tertiary/aromatic N) is 5. The predicted octanol–water partition coefficient (Wildman–Crippen LogP) is 3.70. The number of fused-ring (bicyclic) bond motifs is 1. The average Bonchev–Trinajstić information content (AvgIpc) is 3.09. The lowest BCUT2D eigenvalue weighted by molar-refractivity contribution is -0.151. The Morgan fingerprint density at radius 1 is 1.21 bits per heavy atom. The summed E-state index contributed by atoms with van der Waals surface area (Å²) < 4.78 is 41.4. The van der Waals surface area contributed by atoms with Crippen LogP contribution in [0.5, 0.6) is 0 Å². The minimum absolute atomic E-state index is 0.0634. The second kappa shape index (κ2) is 6.35. The first-order chi connectivity index (χ1) is 13.8. The van der Waals surface area contributed by atoms with Crippen molar-refractivity contribution in [2.24, 2.45) is 10.9 Å². The van der Waals surface area contributed by atoms with Crippen molar-refractivity contribution in [3.8, 4) is 11.4 Å². The fourth-order valence-electron chi connectivity index (χ4n) is 3.62. The minimum atomic E-state index is -4.32. The second-order valence-electron chi connectivity index (χ2n) is 7.91. The van der Waals surface area contributed by atoms with Gasteiger partial charge >= 0.3 is 6.18 Å². The standard InChI is InChI=1S/C20H19F3N6/c1-19(5-6-19)16-11-29-15(9-26-18(29)10-25-16)13-3-2-4-17(27-13)28-14-8-24-7-12(14)20(21,22)23/h2-4,9-12,24H,5-8H2,1H3/b28-14-/t12-/m0/s1. The van der Waals surface area contributed by atoms with Gasteiger partial charge in [-0.05, 0) is 25.0 Å². The van der Waals surface area contributed by atoms with Crippen LogP contribution in [-0.4, -0.2) is 44.3 Å². The topological polar surface area (TPSA) is 67.5 Å². The Labute approximate surface area is 164 Å². The molecule has 6 nitrogen and oxygen atoms in total. The molecule has 1 atom stereocenters. The SMILES string of the molecule is CC1(c2cn3c(-c4cccc(/N=C5/CNC[C@@H]5C(F)(F)F)n4)cnc3cn2)CC1. The largest absolute Gasteiger partial charge is 0.398 e. The highest BCUT2D eigenvalue weighted by molar-refractivity contribution is 5.93. The number of halogens is 3. The first-order valence-electron chi connectivity index (χ1n) is 9.49. The summed E-state index contributed by atoms with van der Waals surface area (Å²) in [5.74, 6) is -1.31. The highest BCUT2D eigenvalue weighted by Crippen LogP contribution is 2.46. The summed E-state index contributed by atoms with van der Waals surface area (Å²) in [6.07, 6.45) is 3.31. The van der Waals surface area contributed by atoms with Gasteiger partial charge in [-0.2, -0.15) is 13.2 Å². The van der Waals surface area contributed by atoms with E-state index in [1.165, 1.54) is 0 Å². The molecule has 3 aromatic rings. The van der Waals surface area contributed by atoms with Crippen molar-refractivity contribution < 1.29 is 13.2 Å². The van der Waals surface area contributed by atoms with Crippen molar-refractivity contribution in [2.75, 3.05) is 13.1 Å². The van der Waals surface area contributed by atoms with Crippen molar-refractivity contribution in [3.05, 3.63) is 42.5 Å². The van der Waals surface area contributed by atoms with Crippen molar-refractivity contribution in [1.82, 2.24) is 24.7 Å². The number of nitrogens with one attached hydrogen (secondary N) is 1. The molecule has 0 bridgehead atoms. The average molecular weight is 400 g/mol. The third-order valence-corrected chi connectivity index (χ3v) is 5.72. The van der Waals surface area contributed by atoms with E-state index < -0.39 is 12.1 Å². The van der Waals surface area contributed by atoms with Crippen LogP contribution in [0.1, 0.15) is 25.5 Å². The van der Waals surface area contributed by atoms with Gasteiger partial charge in [-0.25, -0.2) is 15.0 Å². The third-order valence-electron chi connectivity index (χ3n) is 5.72. The molecule has 0 amide bonds. The van der Waals surface area contributed by atoms with Crippen molar-refractivity contribution in [2.45, 2.75) is 31.4 Å². The van der Waals surface area contributed by atoms with Gasteiger partial charge in [-0.1, -0.05) is 13.0 Å². The Hall–Kier alpha value is -2.81. The molecule has 5 rings (SSSR count). The molecule has 2 fully saturated rings. The number of pyridine rings is 1. The lowest BCUT2D eigenvalue weighted by atomic mass is 10.1. The molecule has 2 aliphatic rings. The highest BCUT2D eigenvalue weighted by Gasteiger charge is 2.45. The number of aromatic nitrogens is 4. The molecule has 0 radical (unpaired) electrons. The second-order valence-corrected chi connectivity index (χ2v) is 7.91. The molecule has 1 saturated heterocycles. The van der Waals surface area contributed by atoms with Crippen LogP contribution in [0.25, 0.3) is 17.0 Å². The maximum atomic E-state index is 13.2. The predicted molar refractivity (Wildman–Crippen MR) is 102 cm³/mol. The van der Waals surface area contributed by atoms with E-state index in [0.29, 0.717) is 11.3 Å². The number of hydrogen-bond acceptors (Lipinski definition) is 5. The quantitative estimate of drug-likeness (QED) is 0.728. The Morgan fingerprint density at radius 2 is 2.03 bits per heavy atom. The van der Waals surface area contributed by atoms with Gasteiger partial charge in [0.25, 0.3) is 0 Å². The molecule has 3 aromatic heterocycles. The van der Waals surface area contributed by atoms with Crippen LogP contribution >= 0.6 is 0 Å². The van der Waals surface area contributed by atoms with E-state index in [9.17, 15) is 13.2 Å². The van der Waals surface area contributed by atoms with Crippen LogP contribution in [0, 0.1) is 5.92 Å². The number of rotatable bonds is 3. The summed E-state index contributed by atoms with van der Waals surface area (Å²) in [4.78, 5) is 17.6. The molecule has 150 valence electrons. The van der Waals surface area contributed by atoms with E-state index in [2.05, 4.69) is 32.2 Å². The summed E-state index contributed by atoms with van der Waals surface area (Å²) >= 11 is 0. The summed E-state index contributed by atoms with van der Waals surface area (Å²) in [7, 11) is 0. The smallest absolute Gasteiger partial charge is 0.310 e. The summed E-state index contributed by atoms with van der Waals surface area (Å²) in [5, 5.41) is 2.74. The Kier molecular flexibility index (Phi) is 3.99. The normalized spacial score (nSPS) is 22.5. The lowest BCUT2D eigenvalue weighted by Gasteiger charge is -2.14. The molecule has 1 aliphatic carbocycles. The van der Waals surface area contributed by atoms with Gasteiger partial charge in [0.05, 0.1) is 29.5 Å². The van der Waals surface area contributed by atoms with Crippen LogP contribution in [0.3, 0.4) is 0 Å². The molecule has 1 N–H and O–H groups in total. The molecule has 9 heteroatoms. The summed E-state index contributed by atoms with van der Waals surface area (Å²) in [6.45, 7) is 2.14. The number of aliphatic imine (C=N–C) groups is 1. The first-order valence-corrected chi connectivity index (χ1v) is 9.49. The monoisotopic (exact) mass is 400 g/mol. The maximum absolute atomic E-state index is 13.2. The summed E-state index contributed by atoms with van der Waals surface area (Å²) in [6, 6.07) is 5.17. The van der Waals surface area contributed by atoms with Gasteiger partial charge in [0.1, 0.15) is 5.92 Å².